The van der Waals surface area contributed by atoms with Crippen LogP contribution in [0, 0.1) is 30.6 Å². The highest BCUT2D eigenvalue weighted by Crippen LogP contribution is 2.58. The van der Waals surface area contributed by atoms with Gasteiger partial charge in [0.2, 0.25) is 0 Å². The molecule has 0 unspecified atom stereocenters. The van der Waals surface area contributed by atoms with Gasteiger partial charge in [-0.3, -0.25) is 4.68 Å². The molecule has 6 rings (SSSR count). The first-order valence-electron chi connectivity index (χ1n) is 8.57. The largest absolute Gasteiger partial charge is 0.312 e. The van der Waals surface area contributed by atoms with E-state index in [0.29, 0.717) is 0 Å². The van der Waals surface area contributed by atoms with Crippen molar-refractivity contribution in [2.24, 2.45) is 23.7 Å². The van der Waals surface area contributed by atoms with E-state index in [4.69, 9.17) is 5.10 Å². The molecular formula is C17H25N3. The molecule has 4 saturated carbocycles. The van der Waals surface area contributed by atoms with Crippen LogP contribution in [0.15, 0.2) is 0 Å². The van der Waals surface area contributed by atoms with E-state index < -0.39 is 0 Å². The Morgan fingerprint density at radius 3 is 2.40 bits per heavy atom. The second-order valence-corrected chi connectivity index (χ2v) is 7.80. The molecular weight excluding hydrogens is 246 g/mol. The van der Waals surface area contributed by atoms with E-state index >= 15 is 0 Å². The van der Waals surface area contributed by atoms with Crippen molar-refractivity contribution >= 4 is 0 Å². The van der Waals surface area contributed by atoms with Crippen molar-refractivity contribution in [3.8, 4) is 0 Å². The molecule has 1 aromatic heterocycles. The molecule has 0 amide bonds. The van der Waals surface area contributed by atoms with Crippen molar-refractivity contribution < 1.29 is 0 Å². The average molecular weight is 271 g/mol. The summed E-state index contributed by atoms with van der Waals surface area (Å²) in [4.78, 5) is 0. The lowest BCUT2D eigenvalue weighted by atomic mass is 9.54. The Labute approximate surface area is 121 Å². The average Bonchev–Trinajstić information content (AvgIpc) is 2.76. The first-order chi connectivity index (χ1) is 9.79. The maximum absolute atomic E-state index is 5.07. The van der Waals surface area contributed by atoms with E-state index in [1.807, 2.05) is 0 Å². The van der Waals surface area contributed by atoms with Crippen molar-refractivity contribution in [3.63, 3.8) is 0 Å². The van der Waals surface area contributed by atoms with Crippen LogP contribution in [0.3, 0.4) is 0 Å². The molecule has 1 aromatic rings. The number of nitrogens with zero attached hydrogens (tertiary/aromatic N) is 2. The van der Waals surface area contributed by atoms with Gasteiger partial charge in [0.1, 0.15) is 0 Å². The third-order valence-corrected chi connectivity index (χ3v) is 6.66. The van der Waals surface area contributed by atoms with Crippen molar-refractivity contribution in [2.45, 2.75) is 58.0 Å². The normalized spacial score (nSPS) is 42.0. The van der Waals surface area contributed by atoms with Crippen molar-refractivity contribution in [3.05, 3.63) is 17.0 Å². The quantitative estimate of drug-likeness (QED) is 0.851. The van der Waals surface area contributed by atoms with Gasteiger partial charge in [-0.15, -0.1) is 0 Å². The minimum absolute atomic E-state index is 0.730. The zero-order valence-corrected chi connectivity index (χ0v) is 12.4. The number of rotatable bonds is 1. The van der Waals surface area contributed by atoms with Crippen LogP contribution < -0.4 is 5.32 Å². The number of hydrogen-bond acceptors (Lipinski definition) is 2. The smallest absolute Gasteiger partial charge is 0.0685 e. The summed E-state index contributed by atoms with van der Waals surface area (Å²) >= 11 is 0. The van der Waals surface area contributed by atoms with Gasteiger partial charge in [-0.1, -0.05) is 0 Å². The highest BCUT2D eigenvalue weighted by molar-refractivity contribution is 5.28. The van der Waals surface area contributed by atoms with E-state index in [-0.39, 0.29) is 0 Å². The van der Waals surface area contributed by atoms with Crippen LogP contribution in [0.4, 0.5) is 0 Å². The first kappa shape index (κ1) is 11.8. The van der Waals surface area contributed by atoms with E-state index in [0.717, 1.165) is 49.2 Å². The molecule has 1 N–H and O–H groups in total. The summed E-state index contributed by atoms with van der Waals surface area (Å²) in [5, 5.41) is 8.58. The van der Waals surface area contributed by atoms with E-state index in [2.05, 4.69) is 16.9 Å². The topological polar surface area (TPSA) is 29.9 Å². The Hall–Kier alpha value is -0.830. The summed E-state index contributed by atoms with van der Waals surface area (Å²) < 4.78 is 2.48. The minimum atomic E-state index is 0.730. The van der Waals surface area contributed by atoms with Gasteiger partial charge in [0, 0.05) is 30.8 Å². The highest BCUT2D eigenvalue weighted by Gasteiger charge is 2.49. The number of fused-ring (bicyclic) bond motifs is 1. The lowest BCUT2D eigenvalue weighted by Crippen LogP contribution is -2.46. The second-order valence-electron chi connectivity index (χ2n) is 7.80. The van der Waals surface area contributed by atoms with Crippen LogP contribution in [-0.4, -0.2) is 16.3 Å². The fourth-order valence-corrected chi connectivity index (χ4v) is 6.05. The van der Waals surface area contributed by atoms with Crippen molar-refractivity contribution in [2.75, 3.05) is 6.54 Å². The molecule has 0 radical (unpaired) electrons. The molecule has 3 heteroatoms. The number of nitrogens with one attached hydrogen (secondary N) is 1. The Kier molecular flexibility index (Phi) is 2.41. The van der Waals surface area contributed by atoms with Crippen molar-refractivity contribution in [1.82, 2.24) is 15.1 Å². The van der Waals surface area contributed by atoms with Gasteiger partial charge < -0.3 is 5.32 Å². The molecule has 4 fully saturated rings. The Bertz CT molecular complexity index is 517. The maximum atomic E-state index is 5.07. The van der Waals surface area contributed by atoms with Crippen LogP contribution in [0.2, 0.25) is 0 Å². The van der Waals surface area contributed by atoms with Gasteiger partial charge in [-0.2, -0.15) is 5.10 Å². The van der Waals surface area contributed by atoms with Gasteiger partial charge in [0.15, 0.2) is 0 Å². The molecule has 108 valence electrons. The molecule has 2 heterocycles. The molecule has 1 aliphatic heterocycles. The van der Waals surface area contributed by atoms with Crippen LogP contribution in [-0.2, 0) is 13.0 Å². The second kappa shape index (κ2) is 4.09. The van der Waals surface area contributed by atoms with Crippen LogP contribution in [0.25, 0.3) is 0 Å². The minimum Gasteiger partial charge on any atom is -0.312 e. The summed E-state index contributed by atoms with van der Waals surface area (Å²) in [5.41, 5.74) is 4.35. The third-order valence-electron chi connectivity index (χ3n) is 6.66. The first-order valence-corrected chi connectivity index (χ1v) is 8.57. The third kappa shape index (κ3) is 1.53. The van der Waals surface area contributed by atoms with Crippen LogP contribution >= 0.6 is 0 Å². The fraction of sp³-hybridized carbons (Fsp3) is 0.824. The summed E-state index contributed by atoms with van der Waals surface area (Å²) in [6.07, 6.45) is 8.61. The molecule has 0 saturated heterocycles. The molecule has 0 spiro atoms. The molecule has 20 heavy (non-hydrogen) atoms. The van der Waals surface area contributed by atoms with E-state index in [1.54, 1.807) is 0 Å². The number of aromatic nitrogens is 2. The van der Waals surface area contributed by atoms with E-state index in [9.17, 15) is 0 Å². The zero-order valence-electron chi connectivity index (χ0n) is 12.4. The van der Waals surface area contributed by atoms with Gasteiger partial charge in [0.05, 0.1) is 11.7 Å². The zero-order chi connectivity index (χ0) is 13.3. The molecule has 4 aliphatic carbocycles. The van der Waals surface area contributed by atoms with Crippen LogP contribution in [0.5, 0.6) is 0 Å². The molecule has 0 atom stereocenters. The lowest BCUT2D eigenvalue weighted by Gasteiger charge is -2.54. The summed E-state index contributed by atoms with van der Waals surface area (Å²) in [7, 11) is 0. The standard InChI is InChI=1S/C17H25N3/c1-10-15-9-18-3-2-16(15)19-20(10)17-13-5-11-4-12(7-13)8-14(17)6-11/h11-14,17-18H,2-9H2,1H3. The van der Waals surface area contributed by atoms with Gasteiger partial charge in [0.25, 0.3) is 0 Å². The molecule has 0 aromatic carbocycles. The van der Waals surface area contributed by atoms with E-state index in [1.165, 1.54) is 49.1 Å². The van der Waals surface area contributed by atoms with Gasteiger partial charge >= 0.3 is 0 Å². The number of hydrogen-bond donors (Lipinski definition) is 1. The fourth-order valence-electron chi connectivity index (χ4n) is 6.05. The molecule has 4 bridgehead atoms. The molecule has 5 aliphatic rings. The Morgan fingerprint density at radius 1 is 1.05 bits per heavy atom. The van der Waals surface area contributed by atoms with Crippen LogP contribution in [0.1, 0.15) is 55.1 Å². The lowest BCUT2D eigenvalue weighted by molar-refractivity contribution is -0.0345. The molecule has 3 nitrogen and oxygen atoms in total. The Morgan fingerprint density at radius 2 is 1.75 bits per heavy atom. The monoisotopic (exact) mass is 271 g/mol. The predicted molar refractivity (Wildman–Crippen MR) is 78.5 cm³/mol. The van der Waals surface area contributed by atoms with Gasteiger partial charge in [-0.25, -0.2) is 0 Å². The summed E-state index contributed by atoms with van der Waals surface area (Å²) in [6.45, 7) is 4.45. The van der Waals surface area contributed by atoms with Gasteiger partial charge in [-0.05, 0) is 62.7 Å². The highest BCUT2D eigenvalue weighted by atomic mass is 15.3. The summed E-state index contributed by atoms with van der Waals surface area (Å²) in [6, 6.07) is 0.730. The maximum Gasteiger partial charge on any atom is 0.0685 e. The summed E-state index contributed by atoms with van der Waals surface area (Å²) in [5.74, 6) is 3.97. The predicted octanol–water partition coefficient (Wildman–Crippen LogP) is 2.83. The van der Waals surface area contributed by atoms with Crippen molar-refractivity contribution in [1.29, 1.82) is 0 Å². The Balaban J connectivity index is 1.55. The SMILES string of the molecule is Cc1c2c(nn1C1C3CC4CC(C3)CC1C4)CCNC2.